The zero-order valence-corrected chi connectivity index (χ0v) is 16.1. The minimum Gasteiger partial charge on any atom is -0.495 e. The molecule has 0 spiro atoms. The van der Waals surface area contributed by atoms with Gasteiger partial charge < -0.3 is 19.7 Å². The molecule has 7 nitrogen and oxygen atoms in total. The number of anilines is 2. The summed E-state index contributed by atoms with van der Waals surface area (Å²) in [5.41, 5.74) is 0.902. The molecular weight excluding hydrogens is 356 g/mol. The van der Waals surface area contributed by atoms with Crippen LogP contribution in [0.1, 0.15) is 30.3 Å². The molecular formula is C18H23ClN4O3. The number of hydrogen-bond acceptors (Lipinski definition) is 6. The van der Waals surface area contributed by atoms with E-state index in [0.717, 1.165) is 12.8 Å². The zero-order valence-electron chi connectivity index (χ0n) is 15.4. The van der Waals surface area contributed by atoms with Crippen molar-refractivity contribution in [3.05, 3.63) is 35.1 Å². The molecule has 0 fully saturated rings. The Morgan fingerprint density at radius 2 is 2.00 bits per heavy atom. The number of nitrogens with one attached hydrogen (secondary N) is 1. The molecule has 140 valence electrons. The van der Waals surface area contributed by atoms with E-state index in [-0.39, 0.29) is 11.9 Å². The van der Waals surface area contributed by atoms with Crippen molar-refractivity contribution >= 4 is 29.1 Å². The molecule has 0 aliphatic rings. The summed E-state index contributed by atoms with van der Waals surface area (Å²) in [6.07, 6.45) is 3.50. The maximum atomic E-state index is 12.5. The van der Waals surface area contributed by atoms with Crippen molar-refractivity contribution in [3.63, 3.8) is 0 Å². The highest BCUT2D eigenvalue weighted by Gasteiger charge is 2.15. The Kier molecular flexibility index (Phi) is 7.03. The van der Waals surface area contributed by atoms with E-state index in [0.29, 0.717) is 34.4 Å². The highest BCUT2D eigenvalue weighted by molar-refractivity contribution is 6.32. The molecule has 0 saturated heterocycles. The van der Waals surface area contributed by atoms with Crippen LogP contribution in [0, 0.1) is 0 Å². The Labute approximate surface area is 158 Å². The van der Waals surface area contributed by atoms with E-state index in [1.54, 1.807) is 30.1 Å². The van der Waals surface area contributed by atoms with Crippen LogP contribution in [-0.4, -0.2) is 48.6 Å². The van der Waals surface area contributed by atoms with Crippen molar-refractivity contribution in [3.8, 4) is 11.5 Å². The van der Waals surface area contributed by atoms with Gasteiger partial charge in [-0.1, -0.05) is 24.9 Å². The van der Waals surface area contributed by atoms with E-state index >= 15 is 0 Å². The van der Waals surface area contributed by atoms with Gasteiger partial charge in [-0.15, -0.1) is 0 Å². The summed E-state index contributed by atoms with van der Waals surface area (Å²) in [5, 5.41) is 3.47. The molecule has 0 aliphatic heterocycles. The first-order valence-electron chi connectivity index (χ1n) is 8.27. The molecule has 0 radical (unpaired) electrons. The van der Waals surface area contributed by atoms with Crippen LogP contribution in [0.3, 0.4) is 0 Å². The van der Waals surface area contributed by atoms with E-state index in [4.69, 9.17) is 21.1 Å². The molecule has 2 rings (SSSR count). The van der Waals surface area contributed by atoms with Crippen LogP contribution >= 0.6 is 11.6 Å². The lowest BCUT2D eigenvalue weighted by atomic mass is 10.2. The molecule has 0 saturated carbocycles. The second-order valence-electron chi connectivity index (χ2n) is 5.66. The molecule has 1 amide bonds. The fourth-order valence-corrected chi connectivity index (χ4v) is 2.54. The summed E-state index contributed by atoms with van der Waals surface area (Å²) >= 11 is 6.11. The van der Waals surface area contributed by atoms with Gasteiger partial charge in [-0.2, -0.15) is 0 Å². The molecule has 1 heterocycles. The molecule has 1 N–H and O–H groups in total. The molecule has 1 aromatic heterocycles. The number of unbranched alkanes of at least 4 members (excludes halogenated alkanes) is 1. The minimum absolute atomic E-state index is 0.149. The summed E-state index contributed by atoms with van der Waals surface area (Å²) in [4.78, 5) is 22.6. The SMILES string of the molecule is CCCCN(C)C(=O)c1ccnc(Nc2cc(OC)c(Cl)cc2OC)n1. The molecule has 8 heteroatoms. The van der Waals surface area contributed by atoms with Crippen molar-refractivity contribution < 1.29 is 14.3 Å². The average Bonchev–Trinajstić information content (AvgIpc) is 2.66. The summed E-state index contributed by atoms with van der Waals surface area (Å²) < 4.78 is 10.5. The first-order valence-corrected chi connectivity index (χ1v) is 8.65. The van der Waals surface area contributed by atoms with Gasteiger partial charge in [0.05, 0.1) is 24.9 Å². The Morgan fingerprint density at radius 1 is 1.27 bits per heavy atom. The topological polar surface area (TPSA) is 76.6 Å². The van der Waals surface area contributed by atoms with Gasteiger partial charge in [-0.25, -0.2) is 9.97 Å². The average molecular weight is 379 g/mol. The number of ether oxygens (including phenoxy) is 2. The van der Waals surface area contributed by atoms with Gasteiger partial charge in [0, 0.05) is 31.9 Å². The third-order valence-electron chi connectivity index (χ3n) is 3.79. The molecule has 0 bridgehead atoms. The molecule has 0 aliphatic carbocycles. The van der Waals surface area contributed by atoms with Crippen molar-refractivity contribution in [2.24, 2.45) is 0 Å². The standard InChI is InChI=1S/C18H23ClN4O3/c1-5-6-9-23(2)17(24)13-7-8-20-18(21-13)22-14-11-15(25-3)12(19)10-16(14)26-4/h7-8,10-11H,5-6,9H2,1-4H3,(H,20,21,22). The van der Waals surface area contributed by atoms with Gasteiger partial charge in [-0.05, 0) is 12.5 Å². The van der Waals surface area contributed by atoms with E-state index in [9.17, 15) is 4.79 Å². The number of nitrogens with zero attached hydrogens (tertiary/aromatic N) is 3. The second kappa shape index (κ2) is 9.24. The first-order chi connectivity index (χ1) is 12.5. The zero-order chi connectivity index (χ0) is 19.1. The van der Waals surface area contributed by atoms with Gasteiger partial charge >= 0.3 is 0 Å². The van der Waals surface area contributed by atoms with Crippen molar-refractivity contribution in [2.75, 3.05) is 33.1 Å². The Morgan fingerprint density at radius 3 is 2.65 bits per heavy atom. The number of rotatable bonds is 8. The maximum Gasteiger partial charge on any atom is 0.272 e. The maximum absolute atomic E-state index is 12.5. The van der Waals surface area contributed by atoms with Gasteiger partial charge in [0.1, 0.15) is 17.2 Å². The van der Waals surface area contributed by atoms with Gasteiger partial charge in [0.25, 0.3) is 5.91 Å². The van der Waals surface area contributed by atoms with Gasteiger partial charge in [-0.3, -0.25) is 4.79 Å². The smallest absolute Gasteiger partial charge is 0.272 e. The summed E-state index contributed by atoms with van der Waals surface area (Å²) in [5.74, 6) is 1.13. The highest BCUT2D eigenvalue weighted by Crippen LogP contribution is 2.36. The Hall–Kier alpha value is -2.54. The number of aromatic nitrogens is 2. The van der Waals surface area contributed by atoms with Gasteiger partial charge in [0.15, 0.2) is 0 Å². The third kappa shape index (κ3) is 4.76. The van der Waals surface area contributed by atoms with Gasteiger partial charge in [0.2, 0.25) is 5.95 Å². The minimum atomic E-state index is -0.149. The van der Waals surface area contributed by atoms with Crippen LogP contribution in [0.4, 0.5) is 11.6 Å². The molecule has 0 unspecified atom stereocenters. The number of benzene rings is 1. The summed E-state index contributed by atoms with van der Waals surface area (Å²) in [6, 6.07) is 4.91. The second-order valence-corrected chi connectivity index (χ2v) is 6.06. The Bertz CT molecular complexity index is 770. The monoisotopic (exact) mass is 378 g/mol. The fourth-order valence-electron chi connectivity index (χ4n) is 2.31. The van der Waals surface area contributed by atoms with Crippen molar-refractivity contribution in [1.29, 1.82) is 0 Å². The molecule has 26 heavy (non-hydrogen) atoms. The molecule has 1 aromatic carbocycles. The number of amides is 1. The molecule has 2 aromatic rings. The highest BCUT2D eigenvalue weighted by atomic mass is 35.5. The van der Waals surface area contributed by atoms with E-state index < -0.39 is 0 Å². The van der Waals surface area contributed by atoms with E-state index in [1.807, 2.05) is 0 Å². The fraction of sp³-hybridized carbons (Fsp3) is 0.389. The number of methoxy groups -OCH3 is 2. The third-order valence-corrected chi connectivity index (χ3v) is 4.08. The quantitative estimate of drug-likeness (QED) is 0.753. The van der Waals surface area contributed by atoms with Crippen LogP contribution in [0.5, 0.6) is 11.5 Å². The van der Waals surface area contributed by atoms with Crippen LogP contribution in [0.2, 0.25) is 5.02 Å². The van der Waals surface area contributed by atoms with E-state index in [1.165, 1.54) is 20.4 Å². The van der Waals surface area contributed by atoms with Crippen molar-refractivity contribution in [1.82, 2.24) is 14.9 Å². The predicted molar refractivity (Wildman–Crippen MR) is 102 cm³/mol. The largest absolute Gasteiger partial charge is 0.495 e. The summed E-state index contributed by atoms with van der Waals surface area (Å²) in [6.45, 7) is 2.77. The lowest BCUT2D eigenvalue weighted by molar-refractivity contribution is 0.0787. The lowest BCUT2D eigenvalue weighted by Gasteiger charge is -2.17. The normalized spacial score (nSPS) is 10.3. The van der Waals surface area contributed by atoms with E-state index in [2.05, 4.69) is 22.2 Å². The molecule has 0 atom stereocenters. The summed E-state index contributed by atoms with van der Waals surface area (Å²) in [7, 11) is 4.83. The number of carbonyl (C=O) groups is 1. The lowest BCUT2D eigenvalue weighted by Crippen LogP contribution is -2.28. The van der Waals surface area contributed by atoms with Crippen LogP contribution in [0.25, 0.3) is 0 Å². The number of hydrogen-bond donors (Lipinski definition) is 1. The number of halogens is 1. The Balaban J connectivity index is 2.25. The van der Waals surface area contributed by atoms with Crippen LogP contribution < -0.4 is 14.8 Å². The van der Waals surface area contributed by atoms with Crippen LogP contribution in [-0.2, 0) is 0 Å². The van der Waals surface area contributed by atoms with Crippen LogP contribution in [0.15, 0.2) is 24.4 Å². The predicted octanol–water partition coefficient (Wildman–Crippen LogP) is 3.76. The number of carbonyl (C=O) groups excluding carboxylic acids is 1. The first kappa shape index (κ1) is 19.8. The van der Waals surface area contributed by atoms with Crippen molar-refractivity contribution in [2.45, 2.75) is 19.8 Å².